The molecule has 7 nitrogen and oxygen atoms in total. The van der Waals surface area contributed by atoms with Crippen LogP contribution < -0.4 is 4.74 Å². The largest absolute Gasteiger partial charge is 0.497 e. The van der Waals surface area contributed by atoms with Gasteiger partial charge < -0.3 is 14.4 Å². The molecule has 2 aromatic carbocycles. The van der Waals surface area contributed by atoms with E-state index in [1.807, 2.05) is 42.2 Å². The number of hydrogen-bond acceptors (Lipinski definition) is 6. The maximum absolute atomic E-state index is 13.8. The number of nitrogens with zero attached hydrogens (tertiary/aromatic N) is 2. The maximum Gasteiger partial charge on any atom is 0.243 e. The second-order valence-electron chi connectivity index (χ2n) is 8.51. The lowest BCUT2D eigenvalue weighted by Crippen LogP contribution is -2.47. The van der Waals surface area contributed by atoms with Crippen molar-refractivity contribution in [2.24, 2.45) is 0 Å². The first-order chi connectivity index (χ1) is 17.5. The smallest absolute Gasteiger partial charge is 0.243 e. The third-order valence-electron chi connectivity index (χ3n) is 6.31. The van der Waals surface area contributed by atoms with Gasteiger partial charge in [0.15, 0.2) is 0 Å². The minimum Gasteiger partial charge on any atom is -0.497 e. The van der Waals surface area contributed by atoms with Gasteiger partial charge in [0, 0.05) is 31.2 Å². The van der Waals surface area contributed by atoms with Crippen LogP contribution in [0.1, 0.15) is 35.4 Å². The molecule has 1 aromatic heterocycles. The van der Waals surface area contributed by atoms with Crippen LogP contribution in [0.3, 0.4) is 0 Å². The molecule has 0 saturated carbocycles. The number of hydrogen-bond donors (Lipinski definition) is 0. The van der Waals surface area contributed by atoms with Crippen molar-refractivity contribution in [2.45, 2.75) is 30.7 Å². The van der Waals surface area contributed by atoms with Crippen molar-refractivity contribution >= 4 is 27.3 Å². The van der Waals surface area contributed by atoms with E-state index in [0.29, 0.717) is 31.9 Å². The summed E-state index contributed by atoms with van der Waals surface area (Å²) in [5, 5.41) is 2.06. The Morgan fingerprint density at radius 3 is 2.56 bits per heavy atom. The topological polar surface area (TPSA) is 76.2 Å². The van der Waals surface area contributed by atoms with Crippen molar-refractivity contribution in [3.05, 3.63) is 82.0 Å². The number of thiophene rings is 1. The molecule has 0 radical (unpaired) electrons. The first kappa shape index (κ1) is 26.3. The van der Waals surface area contributed by atoms with Crippen molar-refractivity contribution in [1.82, 2.24) is 9.21 Å². The normalized spacial score (nSPS) is 15.6. The highest BCUT2D eigenvalue weighted by Crippen LogP contribution is 2.38. The van der Waals surface area contributed by atoms with Crippen LogP contribution in [0.25, 0.3) is 0 Å². The van der Waals surface area contributed by atoms with Crippen LogP contribution in [-0.2, 0) is 26.0 Å². The summed E-state index contributed by atoms with van der Waals surface area (Å²) in [5.41, 5.74) is 2.14. The summed E-state index contributed by atoms with van der Waals surface area (Å²) in [6, 6.07) is 18.0. The Balaban J connectivity index is 1.61. The number of rotatable bonds is 11. The quantitative estimate of drug-likeness (QED) is 0.346. The van der Waals surface area contributed by atoms with Crippen LogP contribution in [-0.4, -0.2) is 63.5 Å². The molecule has 36 heavy (non-hydrogen) atoms. The number of methoxy groups -OCH3 is 1. The highest BCUT2D eigenvalue weighted by atomic mass is 32.2. The van der Waals surface area contributed by atoms with Crippen LogP contribution in [0, 0.1) is 0 Å². The van der Waals surface area contributed by atoms with Gasteiger partial charge in [-0.2, -0.15) is 4.31 Å². The van der Waals surface area contributed by atoms with E-state index in [0.717, 1.165) is 17.5 Å². The van der Waals surface area contributed by atoms with Crippen LogP contribution in [0.5, 0.6) is 5.75 Å². The summed E-state index contributed by atoms with van der Waals surface area (Å²) in [6.07, 6.45) is 1.25. The average Bonchev–Trinajstić information content (AvgIpc) is 3.39. The van der Waals surface area contributed by atoms with E-state index < -0.39 is 10.0 Å². The number of carbonyl (C=O) groups excluding carboxylic acids is 1. The summed E-state index contributed by atoms with van der Waals surface area (Å²) in [4.78, 5) is 17.0. The van der Waals surface area contributed by atoms with E-state index in [1.54, 1.807) is 23.5 Å². The van der Waals surface area contributed by atoms with Gasteiger partial charge in [-0.3, -0.25) is 4.79 Å². The van der Waals surface area contributed by atoms with Gasteiger partial charge in [-0.15, -0.1) is 11.3 Å². The number of carbonyl (C=O) groups is 1. The molecule has 0 spiro atoms. The molecule has 0 fully saturated rings. The standard InChI is InChI=1S/C27H32N2O5S2/c1-3-34-18-7-16-28(36(31,32)23-12-10-22(33-2)11-13-23)20-26(30)29-17-14-25-24(15-19-35-25)27(29)21-8-5-4-6-9-21/h4-6,8-13,15,19,27H,3,7,14,16-18,20H2,1-2H3. The number of fused-ring (bicyclic) bond motifs is 1. The van der Waals surface area contributed by atoms with E-state index in [4.69, 9.17) is 9.47 Å². The van der Waals surface area contributed by atoms with Gasteiger partial charge in [0.25, 0.3) is 0 Å². The molecule has 1 atom stereocenters. The maximum atomic E-state index is 13.8. The molecule has 1 amide bonds. The Morgan fingerprint density at radius 1 is 1.11 bits per heavy atom. The summed E-state index contributed by atoms with van der Waals surface area (Å²) in [5.74, 6) is 0.354. The van der Waals surface area contributed by atoms with Crippen LogP contribution >= 0.6 is 11.3 Å². The molecule has 1 aliphatic heterocycles. The molecule has 4 rings (SSSR count). The second-order valence-corrected chi connectivity index (χ2v) is 11.5. The minimum absolute atomic E-state index is 0.130. The van der Waals surface area contributed by atoms with Gasteiger partial charge in [0.2, 0.25) is 15.9 Å². The molecule has 2 heterocycles. The van der Waals surface area contributed by atoms with Crippen LogP contribution in [0.15, 0.2) is 70.9 Å². The van der Waals surface area contributed by atoms with Crippen molar-refractivity contribution in [2.75, 3.05) is 40.0 Å². The first-order valence-electron chi connectivity index (χ1n) is 12.1. The number of benzene rings is 2. The molecule has 9 heteroatoms. The van der Waals surface area contributed by atoms with Gasteiger partial charge in [0.05, 0.1) is 24.6 Å². The molecular weight excluding hydrogens is 496 g/mol. The Hall–Kier alpha value is -2.72. The molecular formula is C27H32N2O5S2. The highest BCUT2D eigenvalue weighted by molar-refractivity contribution is 7.89. The summed E-state index contributed by atoms with van der Waals surface area (Å²) >= 11 is 1.70. The van der Waals surface area contributed by atoms with Gasteiger partial charge >= 0.3 is 0 Å². The predicted molar refractivity (Wildman–Crippen MR) is 141 cm³/mol. The van der Waals surface area contributed by atoms with Crippen molar-refractivity contribution in [3.8, 4) is 5.75 Å². The first-order valence-corrected chi connectivity index (χ1v) is 14.4. The average molecular weight is 529 g/mol. The van der Waals surface area contributed by atoms with E-state index >= 15 is 0 Å². The number of amides is 1. The van der Waals surface area contributed by atoms with Gasteiger partial charge in [-0.25, -0.2) is 8.42 Å². The van der Waals surface area contributed by atoms with E-state index in [-0.39, 0.29) is 29.9 Å². The minimum atomic E-state index is -3.90. The monoisotopic (exact) mass is 528 g/mol. The lowest BCUT2D eigenvalue weighted by molar-refractivity contribution is -0.133. The lowest BCUT2D eigenvalue weighted by Gasteiger charge is -2.37. The zero-order chi connectivity index (χ0) is 25.5. The molecule has 1 unspecified atom stereocenters. The van der Waals surface area contributed by atoms with Gasteiger partial charge in [-0.05, 0) is 66.6 Å². The third-order valence-corrected chi connectivity index (χ3v) is 9.17. The predicted octanol–water partition coefficient (Wildman–Crippen LogP) is 4.35. The van der Waals surface area contributed by atoms with Gasteiger partial charge in [0.1, 0.15) is 5.75 Å². The fraction of sp³-hybridized carbons (Fsp3) is 0.370. The fourth-order valence-electron chi connectivity index (χ4n) is 4.49. The zero-order valence-electron chi connectivity index (χ0n) is 20.6. The van der Waals surface area contributed by atoms with Crippen LogP contribution in [0.4, 0.5) is 0 Å². The number of ether oxygens (including phenoxy) is 2. The van der Waals surface area contributed by atoms with Crippen LogP contribution in [0.2, 0.25) is 0 Å². The molecule has 0 N–H and O–H groups in total. The lowest BCUT2D eigenvalue weighted by atomic mass is 9.93. The van der Waals surface area contributed by atoms with E-state index in [9.17, 15) is 13.2 Å². The molecule has 0 aliphatic carbocycles. The molecule has 0 bridgehead atoms. The summed E-state index contributed by atoms with van der Waals surface area (Å²) < 4.78 is 39.1. The number of sulfonamides is 1. The summed E-state index contributed by atoms with van der Waals surface area (Å²) in [7, 11) is -2.37. The Morgan fingerprint density at radius 2 is 1.86 bits per heavy atom. The Kier molecular flexibility index (Phi) is 8.79. The van der Waals surface area contributed by atoms with Gasteiger partial charge in [-0.1, -0.05) is 30.3 Å². The Labute approximate surface area is 217 Å². The molecule has 192 valence electrons. The third kappa shape index (κ3) is 5.81. The highest BCUT2D eigenvalue weighted by Gasteiger charge is 2.35. The van der Waals surface area contributed by atoms with E-state index in [2.05, 4.69) is 11.4 Å². The second kappa shape index (κ2) is 12.0. The van der Waals surface area contributed by atoms with Crippen molar-refractivity contribution < 1.29 is 22.7 Å². The summed E-state index contributed by atoms with van der Waals surface area (Å²) in [6.45, 7) is 3.37. The molecule has 0 saturated heterocycles. The molecule has 1 aliphatic rings. The van der Waals surface area contributed by atoms with Crippen molar-refractivity contribution in [1.29, 1.82) is 0 Å². The molecule has 3 aromatic rings. The fourth-order valence-corrected chi connectivity index (χ4v) is 6.82. The van der Waals surface area contributed by atoms with Crippen molar-refractivity contribution in [3.63, 3.8) is 0 Å². The Bertz CT molecular complexity index is 1240. The SMILES string of the molecule is CCOCCCN(CC(=O)N1CCc2sccc2C1c1ccccc1)S(=O)(=O)c1ccc(OC)cc1. The zero-order valence-corrected chi connectivity index (χ0v) is 22.3. The van der Waals surface area contributed by atoms with E-state index in [1.165, 1.54) is 28.4 Å².